The molecule has 14 heavy (non-hydrogen) atoms. The molecule has 0 aliphatic heterocycles. The summed E-state index contributed by atoms with van der Waals surface area (Å²) >= 11 is 0. The van der Waals surface area contributed by atoms with E-state index in [-0.39, 0.29) is 12.5 Å². The molecule has 0 spiro atoms. The summed E-state index contributed by atoms with van der Waals surface area (Å²) < 4.78 is 28.1. The van der Waals surface area contributed by atoms with Gasteiger partial charge in [-0.1, -0.05) is 13.8 Å². The van der Waals surface area contributed by atoms with Gasteiger partial charge >= 0.3 is 6.09 Å². The molecule has 0 aliphatic carbocycles. The minimum Gasteiger partial charge on any atom is -0.449 e. The Hall–Kier alpha value is -0.910. The Labute approximate surface area is 81.2 Å². The van der Waals surface area contributed by atoms with Gasteiger partial charge in [-0.25, -0.2) is 13.6 Å². The molecule has 2 N–H and O–H groups in total. The van der Waals surface area contributed by atoms with Gasteiger partial charge in [-0.3, -0.25) is 0 Å². The van der Waals surface area contributed by atoms with Crippen LogP contribution in [0.5, 0.6) is 0 Å². The van der Waals surface area contributed by atoms with Crippen LogP contribution in [-0.4, -0.2) is 36.9 Å². The SMILES string of the molecule is CC(C)COC(=O)NCC(O)C(F)F. The number of carbonyl (C=O) groups excluding carboxylic acids is 1. The maximum atomic E-state index is 11.8. The van der Waals surface area contributed by atoms with Crippen LogP contribution in [0.3, 0.4) is 0 Å². The zero-order valence-electron chi connectivity index (χ0n) is 8.17. The van der Waals surface area contributed by atoms with Crippen LogP contribution < -0.4 is 5.32 Å². The number of rotatable bonds is 5. The van der Waals surface area contributed by atoms with Crippen LogP contribution in [0.4, 0.5) is 13.6 Å². The number of carbonyl (C=O) groups is 1. The summed E-state index contributed by atoms with van der Waals surface area (Å²) in [6, 6.07) is 0. The van der Waals surface area contributed by atoms with E-state index in [9.17, 15) is 13.6 Å². The monoisotopic (exact) mass is 211 g/mol. The Bertz CT molecular complexity index is 176. The largest absolute Gasteiger partial charge is 0.449 e. The lowest BCUT2D eigenvalue weighted by Crippen LogP contribution is -2.36. The molecule has 0 radical (unpaired) electrons. The third-order valence-electron chi connectivity index (χ3n) is 1.29. The van der Waals surface area contributed by atoms with Gasteiger partial charge in [0, 0.05) is 0 Å². The van der Waals surface area contributed by atoms with Crippen LogP contribution >= 0.6 is 0 Å². The van der Waals surface area contributed by atoms with Crippen molar-refractivity contribution >= 4 is 6.09 Å². The second kappa shape index (κ2) is 6.53. The zero-order chi connectivity index (χ0) is 11.1. The number of alkyl halides is 2. The summed E-state index contributed by atoms with van der Waals surface area (Å²) in [6.45, 7) is 3.41. The highest BCUT2D eigenvalue weighted by molar-refractivity contribution is 5.67. The van der Waals surface area contributed by atoms with Crippen molar-refractivity contribution in [1.82, 2.24) is 5.32 Å². The number of aliphatic hydroxyl groups is 1. The van der Waals surface area contributed by atoms with Crippen LogP contribution in [0.2, 0.25) is 0 Å². The van der Waals surface area contributed by atoms with Crippen molar-refractivity contribution in [3.05, 3.63) is 0 Å². The summed E-state index contributed by atoms with van der Waals surface area (Å²) in [4.78, 5) is 10.8. The van der Waals surface area contributed by atoms with Gasteiger partial charge in [-0.05, 0) is 5.92 Å². The molecule has 1 unspecified atom stereocenters. The molecular weight excluding hydrogens is 196 g/mol. The third-order valence-corrected chi connectivity index (χ3v) is 1.29. The topological polar surface area (TPSA) is 58.6 Å². The molecular formula is C8H15F2NO3. The highest BCUT2D eigenvalue weighted by Crippen LogP contribution is 1.99. The first-order valence-electron chi connectivity index (χ1n) is 4.30. The quantitative estimate of drug-likeness (QED) is 0.713. The lowest BCUT2D eigenvalue weighted by molar-refractivity contribution is -0.00344. The minimum atomic E-state index is -2.86. The first kappa shape index (κ1) is 13.1. The van der Waals surface area contributed by atoms with Crippen LogP contribution in [0.1, 0.15) is 13.8 Å². The van der Waals surface area contributed by atoms with E-state index in [2.05, 4.69) is 4.74 Å². The molecule has 0 aliphatic rings. The summed E-state index contributed by atoms with van der Waals surface area (Å²) in [6.07, 6.45) is -5.50. The molecule has 84 valence electrons. The van der Waals surface area contributed by atoms with Crippen LogP contribution in [0, 0.1) is 5.92 Å². The fourth-order valence-corrected chi connectivity index (χ4v) is 0.570. The molecule has 0 fully saturated rings. The standard InChI is InChI=1S/C8H15F2NO3/c1-5(2)4-14-8(13)11-3-6(12)7(9)10/h5-7,12H,3-4H2,1-2H3,(H,11,13). The number of hydrogen-bond donors (Lipinski definition) is 2. The molecule has 0 rings (SSSR count). The van der Waals surface area contributed by atoms with Crippen molar-refractivity contribution < 1.29 is 23.4 Å². The van der Waals surface area contributed by atoms with Gasteiger partial charge in [0.15, 0.2) is 0 Å². The third kappa shape index (κ3) is 6.59. The Morgan fingerprint density at radius 2 is 2.07 bits per heavy atom. The molecule has 0 saturated heterocycles. The molecule has 0 aromatic heterocycles. The first-order valence-corrected chi connectivity index (χ1v) is 4.30. The molecule has 1 amide bonds. The smallest absolute Gasteiger partial charge is 0.407 e. The number of aliphatic hydroxyl groups excluding tert-OH is 1. The number of hydrogen-bond acceptors (Lipinski definition) is 3. The fourth-order valence-electron chi connectivity index (χ4n) is 0.570. The van der Waals surface area contributed by atoms with Gasteiger partial charge in [-0.15, -0.1) is 0 Å². The van der Waals surface area contributed by atoms with Crippen molar-refractivity contribution in [2.45, 2.75) is 26.4 Å². The van der Waals surface area contributed by atoms with E-state index in [1.165, 1.54) is 0 Å². The number of nitrogens with one attached hydrogen (secondary N) is 1. The average molecular weight is 211 g/mol. The Kier molecular flexibility index (Phi) is 6.11. The van der Waals surface area contributed by atoms with E-state index in [1.54, 1.807) is 0 Å². The van der Waals surface area contributed by atoms with Crippen molar-refractivity contribution in [1.29, 1.82) is 0 Å². The van der Waals surface area contributed by atoms with Gasteiger partial charge in [-0.2, -0.15) is 0 Å². The van der Waals surface area contributed by atoms with Gasteiger partial charge < -0.3 is 15.2 Å². The predicted octanol–water partition coefficient (Wildman–Crippen LogP) is 0.995. The number of ether oxygens (including phenoxy) is 1. The lowest BCUT2D eigenvalue weighted by atomic mass is 10.2. The van der Waals surface area contributed by atoms with Crippen molar-refractivity contribution in [2.75, 3.05) is 13.2 Å². The van der Waals surface area contributed by atoms with E-state index in [4.69, 9.17) is 5.11 Å². The molecule has 0 bridgehead atoms. The van der Waals surface area contributed by atoms with E-state index >= 15 is 0 Å². The number of halogens is 2. The summed E-state index contributed by atoms with van der Waals surface area (Å²) in [5, 5.41) is 10.7. The molecule has 0 heterocycles. The molecule has 0 aromatic carbocycles. The summed E-state index contributed by atoms with van der Waals surface area (Å²) in [5.74, 6) is 0.181. The normalized spacial score (nSPS) is 13.1. The number of alkyl carbamates (subject to hydrolysis) is 1. The average Bonchev–Trinajstić information content (AvgIpc) is 2.10. The van der Waals surface area contributed by atoms with Gasteiger partial charge in [0.2, 0.25) is 0 Å². The van der Waals surface area contributed by atoms with E-state index in [0.717, 1.165) is 0 Å². The first-order chi connectivity index (χ1) is 6.43. The molecule has 1 atom stereocenters. The van der Waals surface area contributed by atoms with Gasteiger partial charge in [0.1, 0.15) is 6.10 Å². The molecule has 0 saturated carbocycles. The minimum absolute atomic E-state index is 0.181. The second-order valence-electron chi connectivity index (χ2n) is 3.28. The van der Waals surface area contributed by atoms with Crippen molar-refractivity contribution in [3.63, 3.8) is 0 Å². The Morgan fingerprint density at radius 1 is 1.50 bits per heavy atom. The van der Waals surface area contributed by atoms with Crippen molar-refractivity contribution in [2.24, 2.45) is 5.92 Å². The van der Waals surface area contributed by atoms with Gasteiger partial charge in [0.05, 0.1) is 13.2 Å². The summed E-state index contributed by atoms with van der Waals surface area (Å²) in [7, 11) is 0. The second-order valence-corrected chi connectivity index (χ2v) is 3.28. The van der Waals surface area contributed by atoms with E-state index in [1.807, 2.05) is 19.2 Å². The van der Waals surface area contributed by atoms with Crippen molar-refractivity contribution in [3.8, 4) is 0 Å². The molecule has 4 nitrogen and oxygen atoms in total. The summed E-state index contributed by atoms with van der Waals surface area (Å²) in [5.41, 5.74) is 0. The van der Waals surface area contributed by atoms with Gasteiger partial charge in [0.25, 0.3) is 6.43 Å². The molecule has 0 aromatic rings. The zero-order valence-corrected chi connectivity index (χ0v) is 8.17. The Morgan fingerprint density at radius 3 is 2.50 bits per heavy atom. The van der Waals surface area contributed by atoms with E-state index in [0.29, 0.717) is 0 Å². The highest BCUT2D eigenvalue weighted by atomic mass is 19.3. The Balaban J connectivity index is 3.54. The molecule has 6 heteroatoms. The number of amides is 1. The maximum Gasteiger partial charge on any atom is 0.407 e. The maximum absolute atomic E-state index is 11.8. The van der Waals surface area contributed by atoms with E-state index < -0.39 is 25.2 Å². The fraction of sp³-hybridized carbons (Fsp3) is 0.875. The predicted molar refractivity (Wildman–Crippen MR) is 46.2 cm³/mol. The van der Waals surface area contributed by atoms with Crippen LogP contribution in [0.15, 0.2) is 0 Å². The van der Waals surface area contributed by atoms with Crippen LogP contribution in [-0.2, 0) is 4.74 Å². The lowest BCUT2D eigenvalue weighted by Gasteiger charge is -2.11. The highest BCUT2D eigenvalue weighted by Gasteiger charge is 2.17. The van der Waals surface area contributed by atoms with Crippen LogP contribution in [0.25, 0.3) is 0 Å².